The predicted octanol–water partition coefficient (Wildman–Crippen LogP) is 3.66. The van der Waals surface area contributed by atoms with Gasteiger partial charge in [0.2, 0.25) is 0 Å². The molecule has 1 aliphatic heterocycles. The number of nitrogens with one attached hydrogen (secondary N) is 2. The first-order valence-corrected chi connectivity index (χ1v) is 7.86. The van der Waals surface area contributed by atoms with Gasteiger partial charge in [-0.15, -0.1) is 12.4 Å². The summed E-state index contributed by atoms with van der Waals surface area (Å²) in [5.74, 6) is -1.27. The third kappa shape index (κ3) is 5.14. The topological polar surface area (TPSA) is 50.4 Å². The van der Waals surface area contributed by atoms with Crippen molar-refractivity contribution < 1.29 is 18.3 Å². The molecule has 1 aliphatic rings. The molecule has 0 saturated carbocycles. The largest absolute Gasteiger partial charge is 0.454 e. The highest BCUT2D eigenvalue weighted by atomic mass is 35.5. The van der Waals surface area contributed by atoms with Gasteiger partial charge >= 0.3 is 0 Å². The van der Waals surface area contributed by atoms with Crippen molar-refractivity contribution in [1.29, 1.82) is 0 Å². The second-order valence-corrected chi connectivity index (χ2v) is 5.70. The minimum Gasteiger partial charge on any atom is -0.454 e. The fourth-order valence-electron chi connectivity index (χ4n) is 2.59. The van der Waals surface area contributed by atoms with Crippen LogP contribution in [-0.4, -0.2) is 25.0 Å². The Morgan fingerprint density at radius 3 is 2.40 bits per heavy atom. The number of benzene rings is 2. The van der Waals surface area contributed by atoms with Gasteiger partial charge in [0.25, 0.3) is 5.91 Å². The highest BCUT2D eigenvalue weighted by molar-refractivity contribution is 5.94. The molecule has 0 spiro atoms. The Labute approximate surface area is 151 Å². The molecule has 0 radical (unpaired) electrons. The molecule has 3 rings (SSSR count). The summed E-state index contributed by atoms with van der Waals surface area (Å²) in [6, 6.07) is 9.70. The lowest BCUT2D eigenvalue weighted by atomic mass is 10.1. The summed E-state index contributed by atoms with van der Waals surface area (Å²) in [6.45, 7) is 1.81. The first-order chi connectivity index (χ1) is 11.6. The van der Waals surface area contributed by atoms with Gasteiger partial charge in [0.05, 0.1) is 0 Å². The second kappa shape index (κ2) is 8.78. The van der Waals surface area contributed by atoms with Crippen LogP contribution in [0.4, 0.5) is 8.78 Å². The van der Waals surface area contributed by atoms with Crippen molar-refractivity contribution in [3.8, 4) is 11.5 Å². The lowest BCUT2D eigenvalue weighted by Crippen LogP contribution is -2.42. The molecule has 0 aromatic heterocycles. The zero-order valence-electron chi connectivity index (χ0n) is 13.4. The van der Waals surface area contributed by atoms with Crippen LogP contribution < -0.4 is 15.4 Å². The van der Waals surface area contributed by atoms with Crippen LogP contribution >= 0.6 is 12.4 Å². The maximum Gasteiger partial charge on any atom is 0.251 e. The van der Waals surface area contributed by atoms with E-state index in [1.807, 2.05) is 0 Å². The minimum atomic E-state index is -0.775. The van der Waals surface area contributed by atoms with Crippen molar-refractivity contribution in [3.63, 3.8) is 0 Å². The Balaban J connectivity index is 0.00000225. The molecule has 4 nitrogen and oxygen atoms in total. The van der Waals surface area contributed by atoms with Crippen molar-refractivity contribution in [2.24, 2.45) is 0 Å². The molecule has 1 fully saturated rings. The van der Waals surface area contributed by atoms with Gasteiger partial charge < -0.3 is 15.4 Å². The third-order valence-corrected chi connectivity index (χ3v) is 3.91. The van der Waals surface area contributed by atoms with Gasteiger partial charge in [0, 0.05) is 17.7 Å². The molecular formula is C18H19ClF2N2O2. The molecule has 2 aromatic carbocycles. The van der Waals surface area contributed by atoms with E-state index in [9.17, 15) is 13.6 Å². The highest BCUT2D eigenvalue weighted by Gasteiger charge is 2.16. The Morgan fingerprint density at radius 2 is 1.76 bits per heavy atom. The van der Waals surface area contributed by atoms with Crippen LogP contribution in [0.5, 0.6) is 11.5 Å². The summed E-state index contributed by atoms with van der Waals surface area (Å²) in [7, 11) is 0. The number of hydrogen-bond donors (Lipinski definition) is 2. The van der Waals surface area contributed by atoms with E-state index in [2.05, 4.69) is 10.6 Å². The smallest absolute Gasteiger partial charge is 0.251 e. The van der Waals surface area contributed by atoms with Crippen molar-refractivity contribution in [2.75, 3.05) is 13.1 Å². The molecule has 1 saturated heterocycles. The van der Waals surface area contributed by atoms with Crippen LogP contribution in [-0.2, 0) is 0 Å². The molecule has 1 amide bonds. The van der Waals surface area contributed by atoms with Crippen molar-refractivity contribution in [1.82, 2.24) is 10.6 Å². The van der Waals surface area contributed by atoms with E-state index in [1.165, 1.54) is 6.07 Å². The molecule has 0 atom stereocenters. The first-order valence-electron chi connectivity index (χ1n) is 7.86. The number of hydrogen-bond acceptors (Lipinski definition) is 3. The monoisotopic (exact) mass is 368 g/mol. The summed E-state index contributed by atoms with van der Waals surface area (Å²) in [5.41, 5.74) is 0.514. The number of amides is 1. The number of piperidine rings is 1. The van der Waals surface area contributed by atoms with E-state index in [-0.39, 0.29) is 30.1 Å². The molecule has 134 valence electrons. The predicted molar refractivity (Wildman–Crippen MR) is 93.5 cm³/mol. The first kappa shape index (κ1) is 19.1. The van der Waals surface area contributed by atoms with Gasteiger partial charge in [-0.2, -0.15) is 0 Å². The standard InChI is InChI=1S/C18H18F2N2O2.ClH/c19-13-3-6-17(16(20)11-13)24-15-4-1-12(2-5-15)18(23)22-14-7-9-21-10-8-14;/h1-6,11,14,21H,7-10H2,(H,22,23);1H. The van der Waals surface area contributed by atoms with Crippen LogP contribution in [0.15, 0.2) is 42.5 Å². The quantitative estimate of drug-likeness (QED) is 0.866. The summed E-state index contributed by atoms with van der Waals surface area (Å²) in [4.78, 5) is 12.2. The Kier molecular flexibility index (Phi) is 6.73. The lowest BCUT2D eigenvalue weighted by molar-refractivity contribution is 0.0929. The highest BCUT2D eigenvalue weighted by Crippen LogP contribution is 2.25. The Hall–Kier alpha value is -2.18. The van der Waals surface area contributed by atoms with Crippen LogP contribution in [0.2, 0.25) is 0 Å². The second-order valence-electron chi connectivity index (χ2n) is 5.70. The van der Waals surface area contributed by atoms with Crippen molar-refractivity contribution in [2.45, 2.75) is 18.9 Å². The van der Waals surface area contributed by atoms with E-state index in [1.54, 1.807) is 24.3 Å². The fraction of sp³-hybridized carbons (Fsp3) is 0.278. The SMILES string of the molecule is Cl.O=C(NC1CCNCC1)c1ccc(Oc2ccc(F)cc2F)cc1. The molecule has 0 unspecified atom stereocenters. The zero-order chi connectivity index (χ0) is 16.9. The van der Waals surface area contributed by atoms with Crippen molar-refractivity contribution >= 4 is 18.3 Å². The zero-order valence-corrected chi connectivity index (χ0v) is 14.2. The number of rotatable bonds is 4. The lowest BCUT2D eigenvalue weighted by Gasteiger charge is -2.23. The van der Waals surface area contributed by atoms with Crippen LogP contribution in [0.1, 0.15) is 23.2 Å². The maximum absolute atomic E-state index is 13.6. The number of carbonyl (C=O) groups is 1. The van der Waals surface area contributed by atoms with E-state index in [0.29, 0.717) is 11.3 Å². The summed E-state index contributed by atoms with van der Waals surface area (Å²) < 4.78 is 31.8. The van der Waals surface area contributed by atoms with Gasteiger partial charge in [-0.05, 0) is 62.3 Å². The van der Waals surface area contributed by atoms with Crippen molar-refractivity contribution in [3.05, 3.63) is 59.7 Å². The van der Waals surface area contributed by atoms with Crippen LogP contribution in [0.3, 0.4) is 0 Å². The van der Waals surface area contributed by atoms with Gasteiger partial charge in [-0.3, -0.25) is 4.79 Å². The average Bonchev–Trinajstić information content (AvgIpc) is 2.59. The molecule has 25 heavy (non-hydrogen) atoms. The van der Waals surface area contributed by atoms with Crippen LogP contribution in [0.25, 0.3) is 0 Å². The minimum absolute atomic E-state index is 0. The summed E-state index contributed by atoms with van der Waals surface area (Å²) in [6.07, 6.45) is 1.83. The van der Waals surface area contributed by atoms with E-state index < -0.39 is 11.6 Å². The molecule has 7 heteroatoms. The Bertz CT molecular complexity index is 720. The van der Waals surface area contributed by atoms with E-state index in [4.69, 9.17) is 4.74 Å². The average molecular weight is 369 g/mol. The molecular weight excluding hydrogens is 350 g/mol. The number of carbonyl (C=O) groups excluding carboxylic acids is 1. The summed E-state index contributed by atoms with van der Waals surface area (Å²) >= 11 is 0. The fourth-order valence-corrected chi connectivity index (χ4v) is 2.59. The maximum atomic E-state index is 13.6. The van der Waals surface area contributed by atoms with Gasteiger partial charge in [0.15, 0.2) is 11.6 Å². The normalized spacial score (nSPS) is 14.5. The summed E-state index contributed by atoms with van der Waals surface area (Å²) in [5, 5.41) is 6.24. The molecule has 2 N–H and O–H groups in total. The van der Waals surface area contributed by atoms with Gasteiger partial charge in [-0.1, -0.05) is 0 Å². The van der Waals surface area contributed by atoms with Gasteiger partial charge in [-0.25, -0.2) is 8.78 Å². The van der Waals surface area contributed by atoms with E-state index >= 15 is 0 Å². The van der Waals surface area contributed by atoms with Crippen LogP contribution in [0, 0.1) is 11.6 Å². The molecule has 2 aromatic rings. The number of ether oxygens (including phenoxy) is 1. The third-order valence-electron chi connectivity index (χ3n) is 3.91. The molecule has 0 bridgehead atoms. The van der Waals surface area contributed by atoms with E-state index in [0.717, 1.165) is 38.1 Å². The number of halogens is 3. The van der Waals surface area contributed by atoms with Gasteiger partial charge in [0.1, 0.15) is 11.6 Å². The molecule has 1 heterocycles. The Morgan fingerprint density at radius 1 is 1.08 bits per heavy atom. The molecule has 0 aliphatic carbocycles.